The lowest BCUT2D eigenvalue weighted by molar-refractivity contribution is 0.383. The molecule has 2 N–H and O–H groups in total. The maximum Gasteiger partial charge on any atom is 0.218 e. The molecule has 2 aromatic rings. The maximum atomic E-state index is 12.7. The first-order valence-electron chi connectivity index (χ1n) is 7.18. The molecule has 0 radical (unpaired) electrons. The Labute approximate surface area is 130 Å². The second kappa shape index (κ2) is 6.02. The second-order valence-corrected chi connectivity index (χ2v) is 7.27. The summed E-state index contributed by atoms with van der Waals surface area (Å²) in [6.45, 7) is 0.498. The van der Waals surface area contributed by atoms with Crippen LogP contribution >= 0.6 is 0 Å². The number of rotatable bonds is 4. The summed E-state index contributed by atoms with van der Waals surface area (Å²) in [6.07, 6.45) is 3.09. The summed E-state index contributed by atoms with van der Waals surface area (Å²) in [5.41, 5.74) is 6.46. The molecule has 7 heteroatoms. The van der Waals surface area contributed by atoms with Gasteiger partial charge in [-0.3, -0.25) is 0 Å². The van der Waals surface area contributed by atoms with Crippen LogP contribution in [0, 0.1) is 0 Å². The molecule has 22 heavy (non-hydrogen) atoms. The molecule has 116 valence electrons. The van der Waals surface area contributed by atoms with Gasteiger partial charge in [0, 0.05) is 12.7 Å². The molecule has 0 aliphatic carbocycles. The minimum atomic E-state index is -3.41. The largest absolute Gasteiger partial charge is 0.384 e. The van der Waals surface area contributed by atoms with Crippen LogP contribution in [0.1, 0.15) is 30.3 Å². The Bertz CT molecular complexity index is 749. The normalized spacial score (nSPS) is 19.4. The topological polar surface area (TPSA) is 89.2 Å². The zero-order valence-electron chi connectivity index (χ0n) is 12.1. The molecule has 1 atom stereocenters. The Kier molecular flexibility index (Phi) is 4.08. The molecule has 1 saturated heterocycles. The molecule has 6 nitrogen and oxygen atoms in total. The molecule has 0 spiro atoms. The average molecular weight is 318 g/mol. The van der Waals surface area contributed by atoms with Crippen LogP contribution in [0.2, 0.25) is 0 Å². The molecule has 0 unspecified atom stereocenters. The molecule has 0 bridgehead atoms. The molecule has 1 aromatic carbocycles. The fourth-order valence-electron chi connectivity index (χ4n) is 2.75. The molecule has 1 fully saturated rings. The van der Waals surface area contributed by atoms with Crippen molar-refractivity contribution in [1.82, 2.24) is 14.3 Å². The van der Waals surface area contributed by atoms with Crippen molar-refractivity contribution in [3.63, 3.8) is 0 Å². The maximum absolute atomic E-state index is 12.7. The molecule has 1 aliphatic rings. The summed E-state index contributed by atoms with van der Waals surface area (Å²) in [4.78, 5) is 8.38. The van der Waals surface area contributed by atoms with Crippen LogP contribution in [0.25, 0.3) is 0 Å². The number of anilines is 1. The van der Waals surface area contributed by atoms with Crippen LogP contribution in [0.3, 0.4) is 0 Å². The van der Waals surface area contributed by atoms with Gasteiger partial charge >= 0.3 is 0 Å². The third-order valence-electron chi connectivity index (χ3n) is 3.75. The average Bonchev–Trinajstić information content (AvgIpc) is 2.98. The zero-order valence-corrected chi connectivity index (χ0v) is 12.9. The van der Waals surface area contributed by atoms with Crippen LogP contribution < -0.4 is 5.73 Å². The lowest BCUT2D eigenvalue weighted by Crippen LogP contribution is -2.32. The number of sulfonamides is 1. The summed E-state index contributed by atoms with van der Waals surface area (Å²) in [6, 6.07) is 10.5. The van der Waals surface area contributed by atoms with Crippen molar-refractivity contribution in [3.05, 3.63) is 54.0 Å². The van der Waals surface area contributed by atoms with Gasteiger partial charge in [0.05, 0.1) is 11.8 Å². The smallest absolute Gasteiger partial charge is 0.218 e. The summed E-state index contributed by atoms with van der Waals surface area (Å²) in [7, 11) is -3.41. The third kappa shape index (κ3) is 3.10. The van der Waals surface area contributed by atoms with Gasteiger partial charge in [-0.05, 0) is 24.5 Å². The van der Waals surface area contributed by atoms with E-state index in [0.29, 0.717) is 18.2 Å². The lowest BCUT2D eigenvalue weighted by atomic mass is 10.2. The van der Waals surface area contributed by atoms with Crippen molar-refractivity contribution in [2.45, 2.75) is 24.6 Å². The summed E-state index contributed by atoms with van der Waals surface area (Å²) in [5, 5.41) is 0. The molecule has 1 aromatic heterocycles. The van der Waals surface area contributed by atoms with Gasteiger partial charge in [0.25, 0.3) is 0 Å². The van der Waals surface area contributed by atoms with Gasteiger partial charge in [-0.2, -0.15) is 4.31 Å². The van der Waals surface area contributed by atoms with E-state index in [-0.39, 0.29) is 11.8 Å². The molecule has 2 heterocycles. The van der Waals surface area contributed by atoms with Crippen molar-refractivity contribution in [2.75, 3.05) is 12.3 Å². The minimum Gasteiger partial charge on any atom is -0.384 e. The number of nitrogens with two attached hydrogens (primary N) is 1. The Morgan fingerprint density at radius 2 is 2.00 bits per heavy atom. The number of aromatic nitrogens is 2. The standard InChI is InChI=1S/C15H18N4O2S/c16-14-8-9-17-15(18-14)13-7-4-10-19(13)22(20,21)11-12-5-2-1-3-6-12/h1-3,5-6,8-9,13H,4,7,10-11H2,(H2,16,17,18)/t13-/m0/s1. The summed E-state index contributed by atoms with van der Waals surface area (Å²) in [5.74, 6) is 0.832. The van der Waals surface area contributed by atoms with E-state index < -0.39 is 10.0 Å². The van der Waals surface area contributed by atoms with E-state index in [9.17, 15) is 8.42 Å². The predicted molar refractivity (Wildman–Crippen MR) is 84.2 cm³/mol. The summed E-state index contributed by atoms with van der Waals surface area (Å²) < 4.78 is 26.9. The van der Waals surface area contributed by atoms with Gasteiger partial charge in [0.1, 0.15) is 11.6 Å². The zero-order chi connectivity index (χ0) is 15.6. The molecule has 1 aliphatic heterocycles. The number of benzene rings is 1. The lowest BCUT2D eigenvalue weighted by Gasteiger charge is -2.23. The number of nitrogen functional groups attached to an aromatic ring is 1. The Morgan fingerprint density at radius 3 is 2.73 bits per heavy atom. The van der Waals surface area contributed by atoms with E-state index in [1.165, 1.54) is 4.31 Å². The van der Waals surface area contributed by atoms with E-state index in [1.54, 1.807) is 12.3 Å². The van der Waals surface area contributed by atoms with E-state index in [2.05, 4.69) is 9.97 Å². The number of hydrogen-bond acceptors (Lipinski definition) is 5. The van der Waals surface area contributed by atoms with E-state index in [0.717, 1.165) is 18.4 Å². The first-order valence-corrected chi connectivity index (χ1v) is 8.79. The first kappa shape index (κ1) is 14.9. The van der Waals surface area contributed by atoms with Gasteiger partial charge in [-0.25, -0.2) is 18.4 Å². The highest BCUT2D eigenvalue weighted by Crippen LogP contribution is 2.33. The van der Waals surface area contributed by atoms with Crippen molar-refractivity contribution in [1.29, 1.82) is 0 Å². The van der Waals surface area contributed by atoms with Gasteiger partial charge in [0.2, 0.25) is 10.0 Å². The molecule has 0 saturated carbocycles. The summed E-state index contributed by atoms with van der Waals surface area (Å²) >= 11 is 0. The monoisotopic (exact) mass is 318 g/mol. The van der Waals surface area contributed by atoms with Crippen LogP contribution in [0.4, 0.5) is 5.82 Å². The Morgan fingerprint density at radius 1 is 1.23 bits per heavy atom. The highest BCUT2D eigenvalue weighted by molar-refractivity contribution is 7.88. The van der Waals surface area contributed by atoms with E-state index in [1.807, 2.05) is 30.3 Å². The van der Waals surface area contributed by atoms with Crippen molar-refractivity contribution in [3.8, 4) is 0 Å². The van der Waals surface area contributed by atoms with Crippen LogP contribution in [-0.4, -0.2) is 29.2 Å². The third-order valence-corrected chi connectivity index (χ3v) is 5.60. The van der Waals surface area contributed by atoms with Crippen molar-refractivity contribution in [2.24, 2.45) is 0 Å². The molecular weight excluding hydrogens is 300 g/mol. The molecular formula is C15H18N4O2S. The Hall–Kier alpha value is -1.99. The van der Waals surface area contributed by atoms with E-state index in [4.69, 9.17) is 5.73 Å². The van der Waals surface area contributed by atoms with E-state index >= 15 is 0 Å². The molecule has 3 rings (SSSR count). The fourth-order valence-corrected chi connectivity index (χ4v) is 4.52. The van der Waals surface area contributed by atoms with Crippen molar-refractivity contribution >= 4 is 15.8 Å². The number of hydrogen-bond donors (Lipinski definition) is 1. The molecule has 0 amide bonds. The SMILES string of the molecule is Nc1ccnc([C@@H]2CCCN2S(=O)(=O)Cc2ccccc2)n1. The van der Waals surface area contributed by atoms with Gasteiger partial charge in [-0.15, -0.1) is 0 Å². The Balaban J connectivity index is 1.86. The van der Waals surface area contributed by atoms with Crippen molar-refractivity contribution < 1.29 is 8.42 Å². The highest BCUT2D eigenvalue weighted by Gasteiger charge is 2.36. The van der Waals surface area contributed by atoms with Crippen LogP contribution in [-0.2, 0) is 15.8 Å². The quantitative estimate of drug-likeness (QED) is 0.927. The van der Waals surface area contributed by atoms with Crippen LogP contribution in [0.15, 0.2) is 42.6 Å². The fraction of sp³-hybridized carbons (Fsp3) is 0.333. The minimum absolute atomic E-state index is 0.00729. The highest BCUT2D eigenvalue weighted by atomic mass is 32.2. The van der Waals surface area contributed by atoms with Gasteiger partial charge < -0.3 is 5.73 Å². The van der Waals surface area contributed by atoms with Gasteiger partial charge in [-0.1, -0.05) is 30.3 Å². The second-order valence-electron chi connectivity index (χ2n) is 5.35. The number of nitrogens with zero attached hydrogens (tertiary/aromatic N) is 3. The first-order chi connectivity index (χ1) is 10.6. The van der Waals surface area contributed by atoms with Gasteiger partial charge in [0.15, 0.2) is 0 Å². The predicted octanol–water partition coefficient (Wildman–Crippen LogP) is 1.73. The van der Waals surface area contributed by atoms with Crippen LogP contribution in [0.5, 0.6) is 0 Å².